The van der Waals surface area contributed by atoms with E-state index in [4.69, 9.17) is 4.42 Å². The van der Waals surface area contributed by atoms with Gasteiger partial charge in [-0.2, -0.15) is 0 Å². The van der Waals surface area contributed by atoms with Crippen molar-refractivity contribution >= 4 is 33.2 Å². The lowest BCUT2D eigenvalue weighted by Gasteiger charge is -2.06. The number of benzene rings is 1. The van der Waals surface area contributed by atoms with Gasteiger partial charge in [-0.1, -0.05) is 12.1 Å². The highest BCUT2D eigenvalue weighted by Crippen LogP contribution is 2.24. The Bertz CT molecular complexity index is 1040. The highest BCUT2D eigenvalue weighted by atomic mass is 32.2. The number of thiazole rings is 1. The van der Waals surface area contributed by atoms with Crippen LogP contribution in [0.25, 0.3) is 21.8 Å². The summed E-state index contributed by atoms with van der Waals surface area (Å²) >= 11 is 1.49. The Balaban J connectivity index is 1.50. The summed E-state index contributed by atoms with van der Waals surface area (Å²) in [5.74, 6) is 1.50. The number of nitrogens with zero attached hydrogens (tertiary/aromatic N) is 3. The van der Waals surface area contributed by atoms with Crippen molar-refractivity contribution in [3.63, 3.8) is 0 Å². The van der Waals surface area contributed by atoms with Crippen LogP contribution in [0.3, 0.4) is 0 Å². The van der Waals surface area contributed by atoms with Gasteiger partial charge in [0.05, 0.1) is 45.9 Å². The van der Waals surface area contributed by atoms with Crippen LogP contribution in [-0.4, -0.2) is 19.2 Å². The number of para-hydroxylation sites is 2. The Morgan fingerprint density at radius 3 is 2.60 bits per heavy atom. The lowest BCUT2D eigenvalue weighted by molar-refractivity contribution is 0.581. The zero-order valence-electron chi connectivity index (χ0n) is 13.5. The van der Waals surface area contributed by atoms with Crippen LogP contribution >= 0.6 is 11.3 Å². The minimum absolute atomic E-state index is 0.372. The largest absolute Gasteiger partial charge is 0.462 e. The summed E-state index contributed by atoms with van der Waals surface area (Å²) in [6.07, 6.45) is 1.62. The maximum atomic E-state index is 12.6. The van der Waals surface area contributed by atoms with Gasteiger partial charge >= 0.3 is 0 Å². The molecule has 0 N–H and O–H groups in total. The van der Waals surface area contributed by atoms with E-state index in [1.54, 1.807) is 6.26 Å². The summed E-state index contributed by atoms with van der Waals surface area (Å²) < 4.78 is 17.9. The van der Waals surface area contributed by atoms with E-state index >= 15 is 0 Å². The molecule has 25 heavy (non-hydrogen) atoms. The number of furan rings is 1. The quantitative estimate of drug-likeness (QED) is 0.530. The molecule has 3 aromatic heterocycles. The molecule has 3 heterocycles. The third-order valence-electron chi connectivity index (χ3n) is 3.73. The Kier molecular flexibility index (Phi) is 4.42. The summed E-state index contributed by atoms with van der Waals surface area (Å²) in [5, 5.41) is 2.73. The lowest BCUT2D eigenvalue weighted by Crippen LogP contribution is -2.05. The zero-order chi connectivity index (χ0) is 17.2. The van der Waals surface area contributed by atoms with Gasteiger partial charge in [-0.15, -0.1) is 11.3 Å². The molecule has 0 amide bonds. The second kappa shape index (κ2) is 6.85. The number of fused-ring (bicyclic) bond motifs is 1. The molecule has 4 rings (SSSR count). The number of hydrogen-bond donors (Lipinski definition) is 0. The Labute approximate surface area is 151 Å². The monoisotopic (exact) mass is 369 g/mol. The summed E-state index contributed by atoms with van der Waals surface area (Å²) in [6, 6.07) is 11.4. The minimum atomic E-state index is -1.10. The van der Waals surface area contributed by atoms with Crippen LogP contribution in [0.1, 0.15) is 17.1 Å². The van der Waals surface area contributed by atoms with E-state index in [1.807, 2.05) is 48.7 Å². The van der Waals surface area contributed by atoms with Crippen molar-refractivity contribution < 1.29 is 8.63 Å². The maximum Gasteiger partial charge on any atom is 0.162 e. The highest BCUT2D eigenvalue weighted by Gasteiger charge is 2.13. The van der Waals surface area contributed by atoms with Gasteiger partial charge in [0.1, 0.15) is 0 Å². The number of hydrogen-bond acceptors (Lipinski definition) is 6. The first-order valence-corrected chi connectivity index (χ1v) is 10.1. The SMILES string of the molecule is Cc1nc2ccccc2nc1C[S@](=O)Cc1csc(-c2ccco2)n1. The predicted octanol–water partition coefficient (Wildman–Crippen LogP) is 4.10. The fourth-order valence-corrected chi connectivity index (χ4v) is 4.57. The summed E-state index contributed by atoms with van der Waals surface area (Å²) in [6.45, 7) is 1.91. The maximum absolute atomic E-state index is 12.6. The van der Waals surface area contributed by atoms with Crippen molar-refractivity contribution in [3.05, 3.63) is 65.1 Å². The topological polar surface area (TPSA) is 68.9 Å². The van der Waals surface area contributed by atoms with E-state index in [2.05, 4.69) is 15.0 Å². The van der Waals surface area contributed by atoms with Crippen molar-refractivity contribution in [1.82, 2.24) is 15.0 Å². The van der Waals surface area contributed by atoms with Crippen LogP contribution in [0.5, 0.6) is 0 Å². The van der Waals surface area contributed by atoms with Crippen LogP contribution < -0.4 is 0 Å². The third-order valence-corrected chi connectivity index (χ3v) is 5.85. The normalized spacial score (nSPS) is 12.5. The fraction of sp³-hybridized carbons (Fsp3) is 0.167. The number of aromatic nitrogens is 3. The van der Waals surface area contributed by atoms with Gasteiger partial charge in [-0.3, -0.25) is 4.21 Å². The van der Waals surface area contributed by atoms with E-state index in [9.17, 15) is 4.21 Å². The summed E-state index contributed by atoms with van der Waals surface area (Å²) in [7, 11) is -1.10. The molecule has 0 radical (unpaired) electrons. The average Bonchev–Trinajstić information content (AvgIpc) is 3.26. The second-order valence-corrected chi connectivity index (χ2v) is 7.91. The average molecular weight is 369 g/mol. The van der Waals surface area contributed by atoms with E-state index < -0.39 is 10.8 Å². The van der Waals surface area contributed by atoms with E-state index in [1.165, 1.54) is 11.3 Å². The number of rotatable bonds is 5. The molecule has 0 aliphatic heterocycles. The molecule has 0 aliphatic carbocycles. The molecule has 0 saturated carbocycles. The minimum Gasteiger partial charge on any atom is -0.462 e. The van der Waals surface area contributed by atoms with Crippen LogP contribution in [-0.2, 0) is 22.3 Å². The molecule has 1 atom stereocenters. The summed E-state index contributed by atoms with van der Waals surface area (Å²) in [4.78, 5) is 13.7. The first-order chi connectivity index (χ1) is 12.2. The van der Waals surface area contributed by atoms with Crippen LogP contribution in [0.2, 0.25) is 0 Å². The molecule has 0 spiro atoms. The van der Waals surface area contributed by atoms with E-state index in [-0.39, 0.29) is 0 Å². The first kappa shape index (κ1) is 16.1. The van der Waals surface area contributed by atoms with Crippen LogP contribution in [0.4, 0.5) is 0 Å². The lowest BCUT2D eigenvalue weighted by atomic mass is 10.2. The standard InChI is InChI=1S/C18H15N3O2S2/c1-12-16(21-15-6-3-2-5-14(15)19-12)11-25(22)10-13-9-24-18(20-13)17-7-4-8-23-17/h2-9H,10-11H2,1H3/t25-/m1/s1. The molecular formula is C18H15N3O2S2. The van der Waals surface area contributed by atoms with Gasteiger partial charge in [0.2, 0.25) is 0 Å². The Hall–Kier alpha value is -2.38. The molecule has 5 nitrogen and oxygen atoms in total. The van der Waals surface area contributed by atoms with E-state index in [0.717, 1.165) is 38.9 Å². The van der Waals surface area contributed by atoms with Gasteiger partial charge in [0, 0.05) is 16.2 Å². The van der Waals surface area contributed by atoms with Crippen molar-refractivity contribution in [2.45, 2.75) is 18.4 Å². The fourth-order valence-electron chi connectivity index (χ4n) is 2.52. The van der Waals surface area contributed by atoms with Gasteiger partial charge in [0.15, 0.2) is 10.8 Å². The van der Waals surface area contributed by atoms with Crippen molar-refractivity contribution in [2.75, 3.05) is 0 Å². The van der Waals surface area contributed by atoms with Crippen LogP contribution in [0.15, 0.2) is 52.5 Å². The highest BCUT2D eigenvalue weighted by molar-refractivity contribution is 7.83. The second-order valence-electron chi connectivity index (χ2n) is 5.59. The van der Waals surface area contributed by atoms with Gasteiger partial charge in [-0.25, -0.2) is 15.0 Å². The van der Waals surface area contributed by atoms with Crippen molar-refractivity contribution in [2.24, 2.45) is 0 Å². The molecule has 0 saturated heterocycles. The molecule has 0 aliphatic rings. The summed E-state index contributed by atoms with van der Waals surface area (Å²) in [5.41, 5.74) is 4.09. The van der Waals surface area contributed by atoms with Crippen molar-refractivity contribution in [3.8, 4) is 10.8 Å². The van der Waals surface area contributed by atoms with Gasteiger partial charge in [-0.05, 0) is 31.2 Å². The van der Waals surface area contributed by atoms with Crippen LogP contribution in [0, 0.1) is 6.92 Å². The smallest absolute Gasteiger partial charge is 0.162 e. The molecule has 1 aromatic carbocycles. The molecular weight excluding hydrogens is 354 g/mol. The van der Waals surface area contributed by atoms with Gasteiger partial charge in [0.25, 0.3) is 0 Å². The predicted molar refractivity (Wildman–Crippen MR) is 99.6 cm³/mol. The molecule has 0 bridgehead atoms. The molecule has 4 aromatic rings. The molecule has 126 valence electrons. The first-order valence-electron chi connectivity index (χ1n) is 7.74. The van der Waals surface area contributed by atoms with E-state index in [0.29, 0.717) is 11.5 Å². The molecule has 0 fully saturated rings. The molecule has 7 heteroatoms. The van der Waals surface area contributed by atoms with Crippen molar-refractivity contribution in [1.29, 1.82) is 0 Å². The Morgan fingerprint density at radius 2 is 1.84 bits per heavy atom. The third kappa shape index (κ3) is 3.52. The van der Waals surface area contributed by atoms with Gasteiger partial charge < -0.3 is 4.42 Å². The molecule has 0 unspecified atom stereocenters. The zero-order valence-corrected chi connectivity index (χ0v) is 15.1. The number of aryl methyl sites for hydroxylation is 1. The Morgan fingerprint density at radius 1 is 1.04 bits per heavy atom.